The maximum atomic E-state index is 13.1. The number of hydrogen-bond donors (Lipinski definition) is 6. The fourth-order valence-electron chi connectivity index (χ4n) is 3.64. The van der Waals surface area contributed by atoms with Gasteiger partial charge in [0.05, 0.1) is 19.3 Å². The predicted molar refractivity (Wildman–Crippen MR) is 112 cm³/mol. The van der Waals surface area contributed by atoms with Gasteiger partial charge in [0.15, 0.2) is 11.5 Å². The lowest BCUT2D eigenvalue weighted by atomic mass is 9.99. The zero-order valence-corrected chi connectivity index (χ0v) is 17.3. The van der Waals surface area contributed by atoms with E-state index < -0.39 is 48.5 Å². The fourth-order valence-corrected chi connectivity index (χ4v) is 3.64. The maximum absolute atomic E-state index is 13.1. The van der Waals surface area contributed by atoms with Crippen LogP contribution in [0.5, 0.6) is 23.0 Å². The molecule has 1 saturated heterocycles. The number of aliphatic hydroxyl groups excluding tert-OH is 4. The molecular formula is C22H22O11. The van der Waals surface area contributed by atoms with Crippen molar-refractivity contribution < 1.29 is 49.3 Å². The monoisotopic (exact) mass is 462 g/mol. The SMILES string of the molecule is COc1c(O[C@@H]2O[C@@H](CO)[C@H](O)[C@@H](O)[C@@H]2O)cc2occ(-c3ccc(O)cc3)c(=O)c2c1O. The number of hydrogen-bond acceptors (Lipinski definition) is 11. The topological polar surface area (TPSA) is 179 Å². The van der Waals surface area contributed by atoms with Gasteiger partial charge in [-0.3, -0.25) is 4.79 Å². The van der Waals surface area contributed by atoms with Crippen molar-refractivity contribution in [2.45, 2.75) is 30.7 Å². The first-order chi connectivity index (χ1) is 15.8. The highest BCUT2D eigenvalue weighted by atomic mass is 16.7. The molecule has 6 N–H and O–H groups in total. The Morgan fingerprint density at radius 1 is 1.03 bits per heavy atom. The lowest BCUT2D eigenvalue weighted by molar-refractivity contribution is -0.277. The predicted octanol–water partition coefficient (Wildman–Crippen LogP) is 0.0585. The molecule has 0 bridgehead atoms. The van der Waals surface area contributed by atoms with Crippen LogP contribution in [0.2, 0.25) is 0 Å². The van der Waals surface area contributed by atoms with E-state index in [1.54, 1.807) is 0 Å². The zero-order valence-electron chi connectivity index (χ0n) is 17.3. The van der Waals surface area contributed by atoms with E-state index in [1.807, 2.05) is 0 Å². The molecule has 4 rings (SSSR count). The van der Waals surface area contributed by atoms with Gasteiger partial charge in [-0.05, 0) is 17.7 Å². The summed E-state index contributed by atoms with van der Waals surface area (Å²) < 4.78 is 21.6. The van der Waals surface area contributed by atoms with E-state index >= 15 is 0 Å². The zero-order chi connectivity index (χ0) is 23.9. The standard InChI is InChI=1S/C22H22O11/c1-30-21-13(32-22-20(29)19(28)17(26)14(7-23)33-22)6-12-15(18(21)27)16(25)11(8-31-12)9-2-4-10(24)5-3-9/h2-6,8,14,17,19-20,22-24,26-29H,7H2,1H3/t14-,17-,19+,20-,22+/m0/s1. The van der Waals surface area contributed by atoms with Gasteiger partial charge in [0.2, 0.25) is 17.5 Å². The largest absolute Gasteiger partial charge is 0.508 e. The molecular weight excluding hydrogens is 440 g/mol. The van der Waals surface area contributed by atoms with Gasteiger partial charge in [-0.1, -0.05) is 12.1 Å². The summed E-state index contributed by atoms with van der Waals surface area (Å²) in [6, 6.07) is 7.06. The van der Waals surface area contributed by atoms with Crippen molar-refractivity contribution in [3.05, 3.63) is 46.8 Å². The number of ether oxygens (including phenoxy) is 3. The molecule has 0 aliphatic carbocycles. The van der Waals surface area contributed by atoms with Crippen molar-refractivity contribution >= 4 is 11.0 Å². The van der Waals surface area contributed by atoms with E-state index in [4.69, 9.17) is 18.6 Å². The van der Waals surface area contributed by atoms with Crippen LogP contribution in [-0.4, -0.2) is 75.1 Å². The Balaban J connectivity index is 1.77. The lowest BCUT2D eigenvalue weighted by Crippen LogP contribution is -2.60. The minimum absolute atomic E-state index is 0.0171. The summed E-state index contributed by atoms with van der Waals surface area (Å²) in [6.07, 6.45) is -6.52. The Morgan fingerprint density at radius 3 is 2.36 bits per heavy atom. The maximum Gasteiger partial charge on any atom is 0.229 e. The molecule has 5 atom stereocenters. The van der Waals surface area contributed by atoms with E-state index in [0.717, 1.165) is 0 Å². The average Bonchev–Trinajstić information content (AvgIpc) is 2.80. The third-order valence-electron chi connectivity index (χ3n) is 5.43. The highest BCUT2D eigenvalue weighted by Crippen LogP contribution is 2.43. The molecule has 0 saturated carbocycles. The van der Waals surface area contributed by atoms with Crippen molar-refractivity contribution in [2.24, 2.45) is 0 Å². The van der Waals surface area contributed by atoms with Gasteiger partial charge in [-0.15, -0.1) is 0 Å². The molecule has 0 spiro atoms. The van der Waals surface area contributed by atoms with Crippen LogP contribution in [0.3, 0.4) is 0 Å². The van der Waals surface area contributed by atoms with Crippen LogP contribution in [0, 0.1) is 0 Å². The van der Waals surface area contributed by atoms with Gasteiger partial charge < -0.3 is 49.3 Å². The Hall–Kier alpha value is -3.35. The van der Waals surface area contributed by atoms with Crippen molar-refractivity contribution in [3.63, 3.8) is 0 Å². The summed E-state index contributed by atoms with van der Waals surface area (Å²) in [7, 11) is 1.21. The Labute approximate surface area is 186 Å². The molecule has 1 aliphatic heterocycles. The molecule has 33 heavy (non-hydrogen) atoms. The highest BCUT2D eigenvalue weighted by molar-refractivity contribution is 5.91. The van der Waals surface area contributed by atoms with Crippen LogP contribution in [0.15, 0.2) is 45.8 Å². The van der Waals surface area contributed by atoms with Crippen molar-refractivity contribution in [1.29, 1.82) is 0 Å². The van der Waals surface area contributed by atoms with Crippen LogP contribution in [-0.2, 0) is 4.74 Å². The van der Waals surface area contributed by atoms with E-state index in [0.29, 0.717) is 5.56 Å². The molecule has 0 amide bonds. The van der Waals surface area contributed by atoms with E-state index in [1.165, 1.54) is 43.7 Å². The van der Waals surface area contributed by atoms with Gasteiger partial charge in [0.25, 0.3) is 0 Å². The quantitative estimate of drug-likeness (QED) is 0.302. The second-order valence-electron chi connectivity index (χ2n) is 7.47. The summed E-state index contributed by atoms with van der Waals surface area (Å²) in [6.45, 7) is -0.653. The first-order valence-corrected chi connectivity index (χ1v) is 9.88. The van der Waals surface area contributed by atoms with E-state index in [-0.39, 0.29) is 33.8 Å². The van der Waals surface area contributed by atoms with Crippen molar-refractivity contribution in [2.75, 3.05) is 13.7 Å². The Kier molecular flexibility index (Phi) is 6.15. The van der Waals surface area contributed by atoms with Gasteiger partial charge >= 0.3 is 0 Å². The summed E-state index contributed by atoms with van der Waals surface area (Å²) in [5.74, 6) is -1.03. The van der Waals surface area contributed by atoms with Crippen molar-refractivity contribution in [3.8, 4) is 34.1 Å². The van der Waals surface area contributed by atoms with Crippen LogP contribution in [0.25, 0.3) is 22.1 Å². The Bertz CT molecular complexity index is 1200. The van der Waals surface area contributed by atoms with E-state index in [9.17, 15) is 35.4 Å². The number of fused-ring (bicyclic) bond motifs is 1. The van der Waals surface area contributed by atoms with Crippen LogP contribution in [0.4, 0.5) is 0 Å². The number of aromatic hydroxyl groups is 2. The van der Waals surface area contributed by atoms with Crippen LogP contribution < -0.4 is 14.9 Å². The second kappa shape index (κ2) is 8.89. The molecule has 3 aromatic rings. The van der Waals surface area contributed by atoms with Crippen LogP contribution >= 0.6 is 0 Å². The lowest BCUT2D eigenvalue weighted by Gasteiger charge is -2.39. The third kappa shape index (κ3) is 3.96. The minimum atomic E-state index is -1.70. The average molecular weight is 462 g/mol. The van der Waals surface area contributed by atoms with Crippen LogP contribution in [0.1, 0.15) is 0 Å². The number of rotatable bonds is 5. The number of phenolic OH excluding ortho intramolecular Hbond substituents is 2. The Morgan fingerprint density at radius 2 is 1.73 bits per heavy atom. The third-order valence-corrected chi connectivity index (χ3v) is 5.43. The smallest absolute Gasteiger partial charge is 0.229 e. The molecule has 1 aromatic heterocycles. The molecule has 0 unspecified atom stereocenters. The summed E-state index contributed by atoms with van der Waals surface area (Å²) in [5, 5.41) is 59.5. The molecule has 0 radical (unpaired) electrons. The minimum Gasteiger partial charge on any atom is -0.508 e. The first kappa shape index (κ1) is 22.8. The molecule has 11 nitrogen and oxygen atoms in total. The van der Waals surface area contributed by atoms with Gasteiger partial charge in [0.1, 0.15) is 47.4 Å². The summed E-state index contributed by atoms with van der Waals surface area (Å²) in [4.78, 5) is 13.1. The number of phenols is 2. The number of aliphatic hydroxyl groups is 4. The molecule has 2 aromatic carbocycles. The molecule has 11 heteroatoms. The highest BCUT2D eigenvalue weighted by Gasteiger charge is 2.45. The van der Waals surface area contributed by atoms with Gasteiger partial charge in [-0.25, -0.2) is 0 Å². The normalized spacial score (nSPS) is 25.2. The summed E-state index contributed by atoms with van der Waals surface area (Å²) >= 11 is 0. The number of methoxy groups -OCH3 is 1. The number of benzene rings is 2. The van der Waals surface area contributed by atoms with E-state index in [2.05, 4.69) is 0 Å². The first-order valence-electron chi connectivity index (χ1n) is 9.88. The van der Waals surface area contributed by atoms with Crippen molar-refractivity contribution in [1.82, 2.24) is 0 Å². The molecule has 1 aliphatic rings. The van der Waals surface area contributed by atoms with Gasteiger partial charge in [0, 0.05) is 6.07 Å². The summed E-state index contributed by atoms with van der Waals surface area (Å²) in [5.41, 5.74) is -0.0662. The molecule has 1 fully saturated rings. The fraction of sp³-hybridized carbons (Fsp3) is 0.318. The molecule has 2 heterocycles. The van der Waals surface area contributed by atoms with Gasteiger partial charge in [-0.2, -0.15) is 0 Å². The second-order valence-corrected chi connectivity index (χ2v) is 7.47. The molecule has 176 valence electrons.